The number of hydrogen-bond donors (Lipinski definition) is 2. The van der Waals surface area contributed by atoms with Crippen molar-refractivity contribution >= 4 is 17.5 Å². The number of carbonyl (C=O) groups is 2. The SMILES string of the molecule is Cn1cccc1C(=O)Nc1cccc(C(=O)N2CCC[C@H](O)C2)c1. The van der Waals surface area contributed by atoms with Crippen LogP contribution in [0, 0.1) is 0 Å². The average Bonchev–Trinajstić information content (AvgIpc) is 3.00. The molecule has 0 saturated carbocycles. The Morgan fingerprint density at radius 1 is 1.25 bits per heavy atom. The summed E-state index contributed by atoms with van der Waals surface area (Å²) in [6.45, 7) is 1.01. The van der Waals surface area contributed by atoms with E-state index in [1.807, 2.05) is 0 Å². The van der Waals surface area contributed by atoms with Crippen molar-refractivity contribution in [2.24, 2.45) is 7.05 Å². The number of anilines is 1. The first-order chi connectivity index (χ1) is 11.5. The fraction of sp³-hybridized carbons (Fsp3) is 0.333. The molecule has 1 saturated heterocycles. The van der Waals surface area contributed by atoms with Crippen molar-refractivity contribution in [3.05, 3.63) is 53.9 Å². The summed E-state index contributed by atoms with van der Waals surface area (Å²) < 4.78 is 1.74. The van der Waals surface area contributed by atoms with Gasteiger partial charge in [0.05, 0.1) is 6.10 Å². The molecule has 1 atom stereocenters. The van der Waals surface area contributed by atoms with Crippen LogP contribution in [0.4, 0.5) is 5.69 Å². The number of amides is 2. The first-order valence-electron chi connectivity index (χ1n) is 8.04. The molecule has 0 spiro atoms. The maximum atomic E-state index is 12.6. The van der Waals surface area contributed by atoms with Crippen LogP contribution in [0.2, 0.25) is 0 Å². The Kier molecular flexibility index (Phi) is 4.66. The maximum Gasteiger partial charge on any atom is 0.272 e. The van der Waals surface area contributed by atoms with Crippen molar-refractivity contribution < 1.29 is 14.7 Å². The lowest BCUT2D eigenvalue weighted by molar-refractivity contribution is 0.0474. The molecule has 6 heteroatoms. The molecule has 24 heavy (non-hydrogen) atoms. The second-order valence-electron chi connectivity index (χ2n) is 6.09. The van der Waals surface area contributed by atoms with Crippen LogP contribution in [0.5, 0.6) is 0 Å². The van der Waals surface area contributed by atoms with Crippen molar-refractivity contribution in [1.82, 2.24) is 9.47 Å². The number of hydrogen-bond acceptors (Lipinski definition) is 3. The van der Waals surface area contributed by atoms with Crippen LogP contribution in [-0.2, 0) is 7.05 Å². The summed E-state index contributed by atoms with van der Waals surface area (Å²) in [5.74, 6) is -0.343. The van der Waals surface area contributed by atoms with Crippen LogP contribution in [0.3, 0.4) is 0 Å². The molecule has 1 aliphatic rings. The standard InChI is InChI=1S/C18H21N3O3/c1-20-9-4-8-16(20)17(23)19-14-6-2-5-13(11-14)18(24)21-10-3-7-15(22)12-21/h2,4-6,8-9,11,15,22H,3,7,10,12H2,1H3,(H,19,23)/t15-/m0/s1. The molecule has 2 N–H and O–H groups in total. The minimum atomic E-state index is -0.456. The van der Waals surface area contributed by atoms with Gasteiger partial charge < -0.3 is 19.9 Å². The second-order valence-corrected chi connectivity index (χ2v) is 6.09. The molecule has 0 aliphatic carbocycles. The van der Waals surface area contributed by atoms with Crippen LogP contribution < -0.4 is 5.32 Å². The van der Waals surface area contributed by atoms with E-state index >= 15 is 0 Å². The number of benzene rings is 1. The monoisotopic (exact) mass is 327 g/mol. The van der Waals surface area contributed by atoms with E-state index < -0.39 is 6.10 Å². The summed E-state index contributed by atoms with van der Waals surface area (Å²) in [6.07, 6.45) is 2.88. The van der Waals surface area contributed by atoms with Gasteiger partial charge in [-0.3, -0.25) is 9.59 Å². The topological polar surface area (TPSA) is 74.6 Å². The van der Waals surface area contributed by atoms with Gasteiger partial charge in [0, 0.05) is 37.6 Å². The summed E-state index contributed by atoms with van der Waals surface area (Å²) in [5.41, 5.74) is 1.63. The number of nitrogens with one attached hydrogen (secondary N) is 1. The number of aliphatic hydroxyl groups excluding tert-OH is 1. The number of carbonyl (C=O) groups excluding carboxylic acids is 2. The highest BCUT2D eigenvalue weighted by molar-refractivity contribution is 6.04. The molecule has 126 valence electrons. The number of aryl methyl sites for hydroxylation is 1. The molecule has 0 unspecified atom stereocenters. The normalized spacial score (nSPS) is 17.6. The minimum absolute atomic E-state index is 0.122. The zero-order chi connectivity index (χ0) is 17.1. The molecule has 1 aromatic carbocycles. The first kappa shape index (κ1) is 16.3. The Morgan fingerprint density at radius 2 is 2.08 bits per heavy atom. The number of likely N-dealkylation sites (tertiary alicyclic amines) is 1. The van der Waals surface area contributed by atoms with Crippen LogP contribution in [0.15, 0.2) is 42.6 Å². The average molecular weight is 327 g/mol. The number of rotatable bonds is 3. The molecule has 1 aliphatic heterocycles. The fourth-order valence-electron chi connectivity index (χ4n) is 2.94. The summed E-state index contributed by atoms with van der Waals surface area (Å²) in [7, 11) is 1.80. The van der Waals surface area contributed by atoms with Gasteiger partial charge in [0.1, 0.15) is 5.69 Å². The third-order valence-electron chi connectivity index (χ3n) is 4.23. The smallest absolute Gasteiger partial charge is 0.272 e. The van der Waals surface area contributed by atoms with Gasteiger partial charge in [0.25, 0.3) is 11.8 Å². The third kappa shape index (κ3) is 3.49. The lowest BCUT2D eigenvalue weighted by Gasteiger charge is -2.30. The van der Waals surface area contributed by atoms with Gasteiger partial charge in [-0.15, -0.1) is 0 Å². The molecule has 6 nitrogen and oxygen atoms in total. The molecular weight excluding hydrogens is 306 g/mol. The van der Waals surface area contributed by atoms with E-state index in [0.717, 1.165) is 12.8 Å². The first-order valence-corrected chi connectivity index (χ1v) is 8.04. The fourth-order valence-corrected chi connectivity index (χ4v) is 2.94. The van der Waals surface area contributed by atoms with E-state index in [1.165, 1.54) is 0 Å². The molecule has 2 amide bonds. The number of β-amino-alcohol motifs (C(OH)–C–C–N with tert-alkyl or cyclic N) is 1. The van der Waals surface area contributed by atoms with Gasteiger partial charge in [0.2, 0.25) is 0 Å². The molecule has 1 aromatic heterocycles. The summed E-state index contributed by atoms with van der Waals surface area (Å²) >= 11 is 0. The second kappa shape index (κ2) is 6.88. The molecule has 0 bridgehead atoms. The van der Waals surface area contributed by atoms with E-state index in [4.69, 9.17) is 0 Å². The van der Waals surface area contributed by atoms with Crippen molar-refractivity contribution in [2.45, 2.75) is 18.9 Å². The summed E-state index contributed by atoms with van der Waals surface area (Å²) in [4.78, 5) is 26.5. The van der Waals surface area contributed by atoms with E-state index in [-0.39, 0.29) is 11.8 Å². The van der Waals surface area contributed by atoms with Crippen LogP contribution in [-0.4, -0.2) is 45.6 Å². The predicted octanol–water partition coefficient (Wildman–Crippen LogP) is 1.87. The molecule has 2 aromatic rings. The molecule has 0 radical (unpaired) electrons. The largest absolute Gasteiger partial charge is 0.391 e. The van der Waals surface area contributed by atoms with Gasteiger partial charge in [-0.2, -0.15) is 0 Å². The lowest BCUT2D eigenvalue weighted by atomic mass is 10.1. The molecule has 3 rings (SSSR count). The number of aliphatic hydroxyl groups is 1. The van der Waals surface area contributed by atoms with Crippen molar-refractivity contribution in [3.63, 3.8) is 0 Å². The number of nitrogens with zero attached hydrogens (tertiary/aromatic N) is 2. The van der Waals surface area contributed by atoms with Crippen LogP contribution in [0.25, 0.3) is 0 Å². The molecule has 2 heterocycles. The zero-order valence-electron chi connectivity index (χ0n) is 13.6. The van der Waals surface area contributed by atoms with E-state index in [2.05, 4.69) is 5.32 Å². The zero-order valence-corrected chi connectivity index (χ0v) is 13.6. The summed E-state index contributed by atoms with van der Waals surface area (Å²) in [6, 6.07) is 10.4. The third-order valence-corrected chi connectivity index (χ3v) is 4.23. The Labute approximate surface area is 140 Å². The van der Waals surface area contributed by atoms with E-state index in [0.29, 0.717) is 30.0 Å². The Bertz CT molecular complexity index is 753. The highest BCUT2D eigenvalue weighted by Gasteiger charge is 2.23. The van der Waals surface area contributed by atoms with E-state index in [9.17, 15) is 14.7 Å². The lowest BCUT2D eigenvalue weighted by Crippen LogP contribution is -2.42. The van der Waals surface area contributed by atoms with Crippen LogP contribution in [0.1, 0.15) is 33.7 Å². The predicted molar refractivity (Wildman–Crippen MR) is 91.0 cm³/mol. The van der Waals surface area contributed by atoms with Gasteiger partial charge in [0.15, 0.2) is 0 Å². The molecule has 1 fully saturated rings. The van der Waals surface area contributed by atoms with Crippen LogP contribution >= 0.6 is 0 Å². The minimum Gasteiger partial charge on any atom is -0.391 e. The summed E-state index contributed by atoms with van der Waals surface area (Å²) in [5, 5.41) is 12.5. The molecular formula is C18H21N3O3. The highest BCUT2D eigenvalue weighted by Crippen LogP contribution is 2.17. The van der Waals surface area contributed by atoms with Crippen molar-refractivity contribution in [1.29, 1.82) is 0 Å². The van der Waals surface area contributed by atoms with Crippen molar-refractivity contribution in [2.75, 3.05) is 18.4 Å². The number of piperidine rings is 1. The van der Waals surface area contributed by atoms with Gasteiger partial charge in [-0.25, -0.2) is 0 Å². The van der Waals surface area contributed by atoms with Crippen molar-refractivity contribution in [3.8, 4) is 0 Å². The quantitative estimate of drug-likeness (QED) is 0.904. The number of aromatic nitrogens is 1. The Balaban J connectivity index is 1.73. The van der Waals surface area contributed by atoms with Gasteiger partial charge in [-0.1, -0.05) is 6.07 Å². The Hall–Kier alpha value is -2.60. The maximum absolute atomic E-state index is 12.6. The van der Waals surface area contributed by atoms with E-state index in [1.54, 1.807) is 59.1 Å². The Morgan fingerprint density at radius 3 is 2.79 bits per heavy atom. The van der Waals surface area contributed by atoms with Gasteiger partial charge in [-0.05, 0) is 43.2 Å². The van der Waals surface area contributed by atoms with Gasteiger partial charge >= 0.3 is 0 Å². The highest BCUT2D eigenvalue weighted by atomic mass is 16.3.